The van der Waals surface area contributed by atoms with Crippen LogP contribution in [0, 0.1) is 12.7 Å². The van der Waals surface area contributed by atoms with Crippen LogP contribution < -0.4 is 10.6 Å². The summed E-state index contributed by atoms with van der Waals surface area (Å²) in [6.07, 6.45) is 3.40. The van der Waals surface area contributed by atoms with E-state index in [0.717, 1.165) is 60.0 Å². The van der Waals surface area contributed by atoms with E-state index < -0.39 is 0 Å². The van der Waals surface area contributed by atoms with E-state index in [9.17, 15) is 4.39 Å². The number of nitrogens with zero attached hydrogens (tertiary/aromatic N) is 4. The van der Waals surface area contributed by atoms with E-state index in [1.807, 2.05) is 30.7 Å². The molecule has 6 nitrogen and oxygen atoms in total. The molecule has 146 valence electrons. The van der Waals surface area contributed by atoms with Crippen LogP contribution in [0.25, 0.3) is 0 Å². The van der Waals surface area contributed by atoms with Gasteiger partial charge in [0.2, 0.25) is 0 Å². The van der Waals surface area contributed by atoms with Gasteiger partial charge < -0.3 is 10.6 Å². The third-order valence-corrected chi connectivity index (χ3v) is 5.03. The Bertz CT molecular complexity index is 803. The molecule has 0 spiro atoms. The predicted octanol–water partition coefficient (Wildman–Crippen LogP) is 2.99. The maximum atomic E-state index is 13.9. The van der Waals surface area contributed by atoms with Crippen LogP contribution in [0.1, 0.15) is 37.0 Å². The summed E-state index contributed by atoms with van der Waals surface area (Å²) in [6, 6.07) is 5.48. The first kappa shape index (κ1) is 19.8. The van der Waals surface area contributed by atoms with E-state index in [1.165, 1.54) is 6.07 Å². The minimum Gasteiger partial charge on any atom is -0.357 e. The summed E-state index contributed by atoms with van der Waals surface area (Å²) in [5, 5.41) is 11.2. The van der Waals surface area contributed by atoms with Crippen LogP contribution in [0.3, 0.4) is 0 Å². The largest absolute Gasteiger partial charge is 0.357 e. The summed E-state index contributed by atoms with van der Waals surface area (Å²) in [4.78, 5) is 9.10. The fourth-order valence-corrected chi connectivity index (χ4v) is 3.58. The molecular weight excluding hydrogens is 411 g/mol. The van der Waals surface area contributed by atoms with Gasteiger partial charge in [-0.25, -0.2) is 14.1 Å². The molecule has 27 heavy (non-hydrogen) atoms. The van der Waals surface area contributed by atoms with Gasteiger partial charge in [0.05, 0.1) is 6.54 Å². The SMILES string of the molecule is CCNC(=NCCCc1ccc(Br)cc1F)NC1CCc2nc(C)nn2C1. The van der Waals surface area contributed by atoms with E-state index >= 15 is 0 Å². The van der Waals surface area contributed by atoms with Gasteiger partial charge in [-0.2, -0.15) is 5.10 Å². The second kappa shape index (κ2) is 9.30. The molecule has 0 fully saturated rings. The fourth-order valence-electron chi connectivity index (χ4n) is 3.25. The number of guanidine groups is 1. The molecule has 0 aliphatic carbocycles. The number of hydrogen-bond acceptors (Lipinski definition) is 3. The quantitative estimate of drug-likeness (QED) is 0.414. The monoisotopic (exact) mass is 436 g/mol. The average molecular weight is 437 g/mol. The Morgan fingerprint density at radius 3 is 3.07 bits per heavy atom. The third-order valence-electron chi connectivity index (χ3n) is 4.54. The Labute approximate surface area is 167 Å². The molecular formula is C19H26BrFN6. The highest BCUT2D eigenvalue weighted by Crippen LogP contribution is 2.16. The van der Waals surface area contributed by atoms with Crippen LogP contribution in [-0.4, -0.2) is 39.9 Å². The maximum absolute atomic E-state index is 13.9. The zero-order valence-corrected chi connectivity index (χ0v) is 17.4. The first-order valence-corrected chi connectivity index (χ1v) is 10.2. The van der Waals surface area contributed by atoms with Crippen LogP contribution in [0.15, 0.2) is 27.7 Å². The van der Waals surface area contributed by atoms with Crippen molar-refractivity contribution in [2.24, 2.45) is 4.99 Å². The normalized spacial score (nSPS) is 16.9. The number of nitrogens with one attached hydrogen (secondary N) is 2. The number of aromatic nitrogens is 3. The van der Waals surface area contributed by atoms with E-state index in [1.54, 1.807) is 0 Å². The molecule has 1 aromatic carbocycles. The molecule has 0 saturated heterocycles. The highest BCUT2D eigenvalue weighted by molar-refractivity contribution is 9.10. The Morgan fingerprint density at radius 1 is 1.44 bits per heavy atom. The van der Waals surface area contributed by atoms with Crippen molar-refractivity contribution < 1.29 is 4.39 Å². The van der Waals surface area contributed by atoms with Crippen LogP contribution in [-0.2, 0) is 19.4 Å². The van der Waals surface area contributed by atoms with Crippen molar-refractivity contribution in [1.82, 2.24) is 25.4 Å². The van der Waals surface area contributed by atoms with Gasteiger partial charge in [-0.1, -0.05) is 22.0 Å². The molecule has 0 saturated carbocycles. The van der Waals surface area contributed by atoms with Gasteiger partial charge in [0.15, 0.2) is 5.96 Å². The second-order valence-electron chi connectivity index (χ2n) is 6.74. The van der Waals surface area contributed by atoms with Gasteiger partial charge in [-0.3, -0.25) is 4.99 Å². The summed E-state index contributed by atoms with van der Waals surface area (Å²) in [7, 11) is 0. The summed E-state index contributed by atoms with van der Waals surface area (Å²) < 4.78 is 16.6. The summed E-state index contributed by atoms with van der Waals surface area (Å²) in [5.74, 6) is 2.52. The van der Waals surface area contributed by atoms with Crippen LogP contribution in [0.2, 0.25) is 0 Å². The van der Waals surface area contributed by atoms with Gasteiger partial charge >= 0.3 is 0 Å². The minimum absolute atomic E-state index is 0.167. The molecule has 0 bridgehead atoms. The topological polar surface area (TPSA) is 67.1 Å². The van der Waals surface area contributed by atoms with Gasteiger partial charge in [-0.05, 0) is 50.8 Å². The zero-order chi connectivity index (χ0) is 19.2. The smallest absolute Gasteiger partial charge is 0.191 e. The molecule has 0 radical (unpaired) electrons. The van der Waals surface area contributed by atoms with Crippen molar-refractivity contribution in [3.05, 3.63) is 45.7 Å². The molecule has 1 atom stereocenters. The van der Waals surface area contributed by atoms with Crippen LogP contribution >= 0.6 is 15.9 Å². The first-order chi connectivity index (χ1) is 13.0. The number of fused-ring (bicyclic) bond motifs is 1. The van der Waals surface area contributed by atoms with Crippen molar-refractivity contribution in [2.75, 3.05) is 13.1 Å². The number of benzene rings is 1. The molecule has 2 N–H and O–H groups in total. The lowest BCUT2D eigenvalue weighted by atomic mass is 10.1. The molecule has 2 aromatic rings. The Kier molecular flexibility index (Phi) is 6.82. The molecule has 1 unspecified atom stereocenters. The van der Waals surface area contributed by atoms with Crippen molar-refractivity contribution in [2.45, 2.75) is 52.1 Å². The summed E-state index contributed by atoms with van der Waals surface area (Å²) in [5.41, 5.74) is 0.729. The third kappa shape index (κ3) is 5.51. The van der Waals surface area contributed by atoms with E-state index in [-0.39, 0.29) is 11.9 Å². The van der Waals surface area contributed by atoms with Gasteiger partial charge in [0.1, 0.15) is 17.5 Å². The van der Waals surface area contributed by atoms with E-state index in [4.69, 9.17) is 0 Å². The molecule has 1 aliphatic heterocycles. The predicted molar refractivity (Wildman–Crippen MR) is 108 cm³/mol. The van der Waals surface area contributed by atoms with Crippen LogP contribution in [0.4, 0.5) is 4.39 Å². The van der Waals surface area contributed by atoms with Crippen molar-refractivity contribution in [3.8, 4) is 0 Å². The standard InChI is InChI=1S/C19H26BrFN6/c1-3-22-19(23-10-4-5-14-6-7-15(20)11-17(14)21)25-16-8-9-18-24-13(2)26-27(18)12-16/h6-7,11,16H,3-5,8-10,12H2,1-2H3,(H2,22,23,25). The molecule has 3 rings (SSSR count). The summed E-state index contributed by atoms with van der Waals surface area (Å²) in [6.45, 7) is 6.21. The van der Waals surface area contributed by atoms with Gasteiger partial charge in [0.25, 0.3) is 0 Å². The first-order valence-electron chi connectivity index (χ1n) is 9.44. The van der Waals surface area contributed by atoms with Crippen molar-refractivity contribution in [1.29, 1.82) is 0 Å². The minimum atomic E-state index is -0.167. The van der Waals surface area contributed by atoms with Gasteiger partial charge in [0, 0.05) is 30.0 Å². The highest BCUT2D eigenvalue weighted by atomic mass is 79.9. The average Bonchev–Trinajstić information content (AvgIpc) is 2.99. The highest BCUT2D eigenvalue weighted by Gasteiger charge is 2.21. The van der Waals surface area contributed by atoms with Gasteiger partial charge in [-0.15, -0.1) is 0 Å². The number of aliphatic imine (C=N–C) groups is 1. The molecule has 1 aromatic heterocycles. The number of halogens is 2. The van der Waals surface area contributed by atoms with Crippen LogP contribution in [0.5, 0.6) is 0 Å². The fraction of sp³-hybridized carbons (Fsp3) is 0.526. The lowest BCUT2D eigenvalue weighted by Gasteiger charge is -2.25. The molecule has 8 heteroatoms. The lowest BCUT2D eigenvalue weighted by molar-refractivity contribution is 0.392. The molecule has 0 amide bonds. The second-order valence-corrected chi connectivity index (χ2v) is 7.65. The number of rotatable bonds is 6. The Balaban J connectivity index is 1.52. The lowest BCUT2D eigenvalue weighted by Crippen LogP contribution is -2.47. The van der Waals surface area contributed by atoms with Crippen molar-refractivity contribution >= 4 is 21.9 Å². The van der Waals surface area contributed by atoms with E-state index in [2.05, 4.69) is 41.6 Å². The number of hydrogen-bond donors (Lipinski definition) is 2. The Morgan fingerprint density at radius 2 is 2.30 bits per heavy atom. The van der Waals surface area contributed by atoms with E-state index in [0.29, 0.717) is 13.0 Å². The summed E-state index contributed by atoms with van der Waals surface area (Å²) >= 11 is 3.28. The zero-order valence-electron chi connectivity index (χ0n) is 15.8. The molecule has 1 aliphatic rings. The molecule has 2 heterocycles. The van der Waals surface area contributed by atoms with Crippen molar-refractivity contribution in [3.63, 3.8) is 0 Å². The number of aryl methyl sites for hydroxylation is 3. The maximum Gasteiger partial charge on any atom is 0.191 e. The Hall–Kier alpha value is -1.96.